The number of carbonyl (C=O) groups excluding carboxylic acids is 1. The largest absolute Gasteiger partial charge is 0.479 e. The van der Waals surface area contributed by atoms with Gasteiger partial charge in [0.25, 0.3) is 0 Å². The molecule has 8 rings (SSSR count). The van der Waals surface area contributed by atoms with Gasteiger partial charge in [0.2, 0.25) is 11.8 Å². The minimum Gasteiger partial charge on any atom is -0.479 e. The van der Waals surface area contributed by atoms with Gasteiger partial charge < -0.3 is 37.6 Å². The maximum absolute atomic E-state index is 12.9. The highest BCUT2D eigenvalue weighted by Gasteiger charge is 2.46. The van der Waals surface area contributed by atoms with Gasteiger partial charge in [-0.15, -0.1) is 0 Å². The number of hydrogen-bond donors (Lipinski definition) is 1. The lowest BCUT2D eigenvalue weighted by Gasteiger charge is -2.34. The quantitative estimate of drug-likeness (QED) is 0.106. The molecular weight excluding hydrogens is 837 g/mol. The summed E-state index contributed by atoms with van der Waals surface area (Å²) >= 11 is 0. The second kappa shape index (κ2) is 22.2. The van der Waals surface area contributed by atoms with Crippen LogP contribution < -0.4 is 0 Å². The van der Waals surface area contributed by atoms with E-state index < -0.39 is 22.8 Å². The van der Waals surface area contributed by atoms with Crippen LogP contribution in [0.2, 0.25) is 0 Å². The smallest absolute Gasteiger partial charge is 0.338 e. The first-order valence-corrected chi connectivity index (χ1v) is 24.6. The molecule has 0 spiro atoms. The van der Waals surface area contributed by atoms with E-state index >= 15 is 0 Å². The summed E-state index contributed by atoms with van der Waals surface area (Å²) in [6.07, 6.45) is 15.2. The van der Waals surface area contributed by atoms with E-state index in [1.165, 1.54) is 11.1 Å². The lowest BCUT2D eigenvalue weighted by molar-refractivity contribution is -0.186. The van der Waals surface area contributed by atoms with E-state index in [1.807, 2.05) is 58.9 Å². The summed E-state index contributed by atoms with van der Waals surface area (Å²) in [7, 11) is 0. The SMILES string of the molecule is Cc1ccc(-c2nc(COC3CCCC(COC4(C(=O)O)CCCC4)C3)c(C)o2)cc1.Cc1ccc(-c2nc(COC3CCCC(COC4(C(=O)OC(C)(C)C)CCCC4)C3)c(C)o2)cc1. The predicted molar refractivity (Wildman–Crippen MR) is 252 cm³/mol. The van der Waals surface area contributed by atoms with Gasteiger partial charge in [0.15, 0.2) is 11.2 Å². The first kappa shape index (κ1) is 49.5. The third-order valence-corrected chi connectivity index (χ3v) is 13.9. The van der Waals surface area contributed by atoms with Gasteiger partial charge in [-0.25, -0.2) is 19.6 Å². The Morgan fingerprint density at radius 1 is 0.621 bits per heavy atom. The highest BCUT2D eigenvalue weighted by molar-refractivity contribution is 5.80. The molecule has 4 atom stereocenters. The molecule has 4 aliphatic rings. The maximum Gasteiger partial charge on any atom is 0.338 e. The summed E-state index contributed by atoms with van der Waals surface area (Å²) in [6.45, 7) is 15.7. The predicted octanol–water partition coefficient (Wildman–Crippen LogP) is 12.2. The summed E-state index contributed by atoms with van der Waals surface area (Å²) < 4.78 is 42.4. The van der Waals surface area contributed by atoms with E-state index in [2.05, 4.69) is 43.1 Å². The molecule has 12 nitrogen and oxygen atoms in total. The Balaban J connectivity index is 0.000000198. The molecule has 0 saturated heterocycles. The van der Waals surface area contributed by atoms with Crippen LogP contribution in [0.3, 0.4) is 0 Å². The lowest BCUT2D eigenvalue weighted by atomic mass is 9.87. The first-order chi connectivity index (χ1) is 31.6. The molecule has 4 fully saturated rings. The molecular formula is C54H74N2O10. The van der Waals surface area contributed by atoms with Crippen LogP contribution in [0, 0.1) is 39.5 Å². The van der Waals surface area contributed by atoms with Crippen LogP contribution in [0.5, 0.6) is 0 Å². The number of carboxylic acids is 1. The van der Waals surface area contributed by atoms with Gasteiger partial charge in [-0.05, 0) is 174 Å². The molecule has 4 unspecified atom stereocenters. The number of oxazole rings is 2. The Morgan fingerprint density at radius 3 is 1.44 bits per heavy atom. The van der Waals surface area contributed by atoms with E-state index in [1.54, 1.807) is 0 Å². The average Bonchev–Trinajstić information content (AvgIpc) is 4.12. The first-order valence-electron chi connectivity index (χ1n) is 24.6. The Labute approximate surface area is 391 Å². The van der Waals surface area contributed by atoms with Gasteiger partial charge in [-0.2, -0.15) is 0 Å². The fourth-order valence-electron chi connectivity index (χ4n) is 9.89. The molecule has 66 heavy (non-hydrogen) atoms. The highest BCUT2D eigenvalue weighted by atomic mass is 16.6. The summed E-state index contributed by atoms with van der Waals surface area (Å²) in [6, 6.07) is 16.3. The summed E-state index contributed by atoms with van der Waals surface area (Å²) in [4.78, 5) is 34.0. The molecule has 4 aliphatic carbocycles. The number of esters is 1. The van der Waals surface area contributed by atoms with Crippen molar-refractivity contribution < 1.29 is 47.2 Å². The van der Waals surface area contributed by atoms with Gasteiger partial charge in [0.05, 0.1) is 38.6 Å². The third-order valence-electron chi connectivity index (χ3n) is 13.9. The summed E-state index contributed by atoms with van der Waals surface area (Å²) in [5.41, 5.74) is 3.81. The molecule has 12 heteroatoms. The zero-order chi connectivity index (χ0) is 46.9. The van der Waals surface area contributed by atoms with Crippen molar-refractivity contribution in [2.45, 2.75) is 193 Å². The molecule has 0 radical (unpaired) electrons. The zero-order valence-corrected chi connectivity index (χ0v) is 40.6. The van der Waals surface area contributed by atoms with Crippen molar-refractivity contribution >= 4 is 11.9 Å². The van der Waals surface area contributed by atoms with Crippen molar-refractivity contribution in [1.82, 2.24) is 9.97 Å². The number of hydrogen-bond acceptors (Lipinski definition) is 11. The molecule has 1 N–H and O–H groups in total. The van der Waals surface area contributed by atoms with Crippen molar-refractivity contribution in [3.8, 4) is 22.9 Å². The number of aliphatic carboxylic acids is 1. The van der Waals surface area contributed by atoms with Crippen LogP contribution in [0.15, 0.2) is 57.4 Å². The molecule has 2 heterocycles. The van der Waals surface area contributed by atoms with Gasteiger partial charge in [-0.3, -0.25) is 0 Å². The normalized spacial score (nSPS) is 22.7. The monoisotopic (exact) mass is 911 g/mol. The average molecular weight is 911 g/mol. The molecule has 0 aliphatic heterocycles. The Hall–Kier alpha value is -4.36. The maximum atomic E-state index is 12.9. The molecule has 0 bridgehead atoms. The van der Waals surface area contributed by atoms with Gasteiger partial charge in [-0.1, -0.05) is 48.2 Å². The van der Waals surface area contributed by atoms with Crippen molar-refractivity contribution in [2.24, 2.45) is 11.8 Å². The lowest BCUT2D eigenvalue weighted by Crippen LogP contribution is -2.45. The van der Waals surface area contributed by atoms with E-state index in [0.29, 0.717) is 62.9 Å². The number of rotatable bonds is 16. The highest BCUT2D eigenvalue weighted by Crippen LogP contribution is 2.39. The van der Waals surface area contributed by atoms with Crippen molar-refractivity contribution in [3.05, 3.63) is 82.6 Å². The number of aromatic nitrogens is 2. The third kappa shape index (κ3) is 13.2. The van der Waals surface area contributed by atoms with Crippen LogP contribution in [-0.2, 0) is 46.5 Å². The van der Waals surface area contributed by atoms with E-state index in [0.717, 1.165) is 124 Å². The van der Waals surface area contributed by atoms with Crippen molar-refractivity contribution in [2.75, 3.05) is 13.2 Å². The van der Waals surface area contributed by atoms with Crippen LogP contribution in [0.1, 0.15) is 158 Å². The van der Waals surface area contributed by atoms with Crippen LogP contribution in [0.4, 0.5) is 0 Å². The standard InChI is InChI=1S/C29H41NO5.C25H33NO5/c1-20-11-13-23(14-12-20)26-30-25(21(2)34-26)19-32-24-10-8-9-22(17-24)18-33-29(15-6-7-16-29)27(31)35-28(3,4)5;1-17-8-10-20(11-9-17)23-26-22(18(2)31-23)16-29-21-7-5-6-19(14-21)15-30-25(24(27)28)12-3-4-13-25/h11-14,22,24H,6-10,15-19H2,1-5H3;8-11,19,21H,3-7,12-16H2,1-2H3,(H,27,28). The molecule has 4 saturated carbocycles. The molecule has 2 aromatic carbocycles. The number of aryl methyl sites for hydroxylation is 4. The fourth-order valence-corrected chi connectivity index (χ4v) is 9.89. The minimum atomic E-state index is -0.960. The van der Waals surface area contributed by atoms with Gasteiger partial charge in [0, 0.05) is 11.1 Å². The van der Waals surface area contributed by atoms with Crippen LogP contribution in [0.25, 0.3) is 22.9 Å². The Morgan fingerprint density at radius 2 is 1.03 bits per heavy atom. The van der Waals surface area contributed by atoms with E-state index in [9.17, 15) is 14.7 Å². The number of benzene rings is 2. The molecule has 0 amide bonds. The second-order valence-corrected chi connectivity index (χ2v) is 20.5. The molecule has 4 aromatic rings. The number of nitrogens with zero attached hydrogens (tertiary/aromatic N) is 2. The van der Waals surface area contributed by atoms with Crippen molar-refractivity contribution in [3.63, 3.8) is 0 Å². The zero-order valence-electron chi connectivity index (χ0n) is 40.6. The van der Waals surface area contributed by atoms with E-state index in [4.69, 9.17) is 37.5 Å². The van der Waals surface area contributed by atoms with Crippen molar-refractivity contribution in [1.29, 1.82) is 0 Å². The summed E-state index contributed by atoms with van der Waals surface area (Å²) in [5.74, 6) is 2.58. The number of ether oxygens (including phenoxy) is 5. The Kier molecular flexibility index (Phi) is 16.6. The fraction of sp³-hybridized carbons (Fsp3) is 0.630. The molecule has 360 valence electrons. The topological polar surface area (TPSA) is 153 Å². The number of carboxylic acid groups (broad SMARTS) is 1. The van der Waals surface area contributed by atoms with Crippen LogP contribution in [-0.4, -0.2) is 69.2 Å². The van der Waals surface area contributed by atoms with Gasteiger partial charge in [0.1, 0.15) is 28.5 Å². The molecule has 2 aromatic heterocycles. The summed E-state index contributed by atoms with van der Waals surface area (Å²) in [5, 5.41) is 9.61. The Bertz CT molecular complexity index is 2170. The van der Waals surface area contributed by atoms with Crippen LogP contribution >= 0.6 is 0 Å². The van der Waals surface area contributed by atoms with Gasteiger partial charge >= 0.3 is 11.9 Å². The minimum absolute atomic E-state index is 0.144. The number of carbonyl (C=O) groups is 2. The van der Waals surface area contributed by atoms with E-state index in [-0.39, 0.29) is 18.2 Å². The second-order valence-electron chi connectivity index (χ2n) is 20.5.